The first-order chi connectivity index (χ1) is 17.8. The van der Waals surface area contributed by atoms with E-state index in [1.165, 1.54) is 12.5 Å². The third-order valence-corrected chi connectivity index (χ3v) is 5.58. The van der Waals surface area contributed by atoms with Gasteiger partial charge in [0.2, 0.25) is 17.7 Å². The van der Waals surface area contributed by atoms with Crippen LogP contribution in [-0.2, 0) is 38.4 Å². The van der Waals surface area contributed by atoms with Crippen LogP contribution in [0.1, 0.15) is 16.8 Å². The maximum Gasteiger partial charge on any atom is 0.322 e. The molecule has 1 aromatic heterocycles. The van der Waals surface area contributed by atoms with Crippen LogP contribution < -0.4 is 21.7 Å². The Morgan fingerprint density at radius 1 is 0.811 bits per heavy atom. The van der Waals surface area contributed by atoms with Gasteiger partial charge < -0.3 is 31.8 Å². The molecule has 0 spiro atoms. The average Bonchev–Trinajstić information content (AvgIpc) is 3.40. The lowest BCUT2D eigenvalue weighted by Crippen LogP contribution is -2.57. The Kier molecular flexibility index (Phi) is 9.91. The lowest BCUT2D eigenvalue weighted by Gasteiger charge is -2.24. The molecule has 0 bridgehead atoms. The van der Waals surface area contributed by atoms with Gasteiger partial charge in [-0.15, -0.1) is 0 Å². The Morgan fingerprint density at radius 2 is 1.38 bits per heavy atom. The van der Waals surface area contributed by atoms with Crippen molar-refractivity contribution in [2.24, 2.45) is 5.73 Å². The minimum atomic E-state index is -1.21. The molecule has 0 aliphatic carbocycles. The first-order valence-corrected chi connectivity index (χ1v) is 11.7. The van der Waals surface area contributed by atoms with E-state index < -0.39 is 48.4 Å². The topological polar surface area (TPSA) is 179 Å². The number of carbonyl (C=O) groups is 4. The van der Waals surface area contributed by atoms with E-state index in [0.717, 1.165) is 11.1 Å². The van der Waals surface area contributed by atoms with Gasteiger partial charge in [-0.2, -0.15) is 0 Å². The molecule has 0 radical (unpaired) electrons. The molecule has 0 aliphatic heterocycles. The summed E-state index contributed by atoms with van der Waals surface area (Å²) in [4.78, 5) is 56.8. The summed E-state index contributed by atoms with van der Waals surface area (Å²) in [6.45, 7) is -0.595. The number of amides is 3. The van der Waals surface area contributed by atoms with E-state index in [-0.39, 0.29) is 19.3 Å². The van der Waals surface area contributed by atoms with Crippen LogP contribution in [0.3, 0.4) is 0 Å². The predicted octanol–water partition coefficient (Wildman–Crippen LogP) is -0.0647. The van der Waals surface area contributed by atoms with Gasteiger partial charge in [0, 0.05) is 24.7 Å². The molecule has 11 nitrogen and oxygen atoms in total. The molecular formula is C26H30N6O5. The second kappa shape index (κ2) is 13.5. The fourth-order valence-corrected chi connectivity index (χ4v) is 3.68. The quantitative estimate of drug-likeness (QED) is 0.188. The fraction of sp³-hybridized carbons (Fsp3) is 0.269. The highest BCUT2D eigenvalue weighted by Crippen LogP contribution is 2.07. The highest BCUT2D eigenvalue weighted by atomic mass is 16.4. The van der Waals surface area contributed by atoms with E-state index in [1.807, 2.05) is 36.4 Å². The second-order valence-electron chi connectivity index (χ2n) is 8.50. The summed E-state index contributed by atoms with van der Waals surface area (Å²) < 4.78 is 0. The Balaban J connectivity index is 1.74. The van der Waals surface area contributed by atoms with E-state index in [4.69, 9.17) is 10.8 Å². The molecule has 0 aliphatic rings. The predicted molar refractivity (Wildman–Crippen MR) is 135 cm³/mol. The summed E-state index contributed by atoms with van der Waals surface area (Å²) in [5.74, 6) is -3.03. The van der Waals surface area contributed by atoms with Gasteiger partial charge in [0.15, 0.2) is 0 Å². The van der Waals surface area contributed by atoms with Crippen LogP contribution in [0.25, 0.3) is 0 Å². The van der Waals surface area contributed by atoms with Crippen molar-refractivity contribution in [3.8, 4) is 0 Å². The zero-order chi connectivity index (χ0) is 26.6. The fourth-order valence-electron chi connectivity index (χ4n) is 3.68. The second-order valence-corrected chi connectivity index (χ2v) is 8.50. The number of hydrogen-bond donors (Lipinski definition) is 6. The molecular weight excluding hydrogens is 476 g/mol. The van der Waals surface area contributed by atoms with Crippen molar-refractivity contribution >= 4 is 23.7 Å². The number of carboxylic acids is 1. The first-order valence-electron chi connectivity index (χ1n) is 11.7. The molecule has 3 unspecified atom stereocenters. The van der Waals surface area contributed by atoms with Crippen LogP contribution in [0.4, 0.5) is 0 Å². The van der Waals surface area contributed by atoms with Gasteiger partial charge in [-0.3, -0.25) is 19.2 Å². The van der Waals surface area contributed by atoms with E-state index in [0.29, 0.717) is 5.69 Å². The molecule has 7 N–H and O–H groups in total. The van der Waals surface area contributed by atoms with Crippen molar-refractivity contribution in [3.63, 3.8) is 0 Å². The zero-order valence-corrected chi connectivity index (χ0v) is 20.1. The van der Waals surface area contributed by atoms with Crippen LogP contribution >= 0.6 is 0 Å². The Morgan fingerprint density at radius 3 is 1.95 bits per heavy atom. The number of carboxylic acid groups (broad SMARTS) is 1. The van der Waals surface area contributed by atoms with Gasteiger partial charge in [-0.05, 0) is 17.5 Å². The number of hydrogen-bond acceptors (Lipinski definition) is 6. The van der Waals surface area contributed by atoms with E-state index in [1.54, 1.807) is 24.3 Å². The number of H-pyrrole nitrogens is 1. The summed E-state index contributed by atoms with van der Waals surface area (Å²) >= 11 is 0. The lowest BCUT2D eigenvalue weighted by molar-refractivity contribution is -0.138. The number of aliphatic carboxylic acids is 1. The number of aromatic nitrogens is 2. The number of nitrogens with one attached hydrogen (secondary N) is 4. The molecule has 0 saturated carbocycles. The third-order valence-electron chi connectivity index (χ3n) is 5.58. The number of benzene rings is 2. The van der Waals surface area contributed by atoms with Crippen molar-refractivity contribution in [2.75, 3.05) is 6.54 Å². The molecule has 3 amide bonds. The van der Waals surface area contributed by atoms with Crippen LogP contribution in [0.2, 0.25) is 0 Å². The molecule has 3 rings (SSSR count). The van der Waals surface area contributed by atoms with Crippen molar-refractivity contribution in [3.05, 3.63) is 90.0 Å². The number of carbonyl (C=O) groups excluding carboxylic acids is 3. The maximum atomic E-state index is 13.3. The smallest absolute Gasteiger partial charge is 0.322 e. The van der Waals surface area contributed by atoms with Gasteiger partial charge in [0.1, 0.15) is 18.6 Å². The Labute approximate surface area is 213 Å². The Bertz CT molecular complexity index is 1170. The van der Waals surface area contributed by atoms with Gasteiger partial charge in [-0.25, -0.2) is 4.98 Å². The SMILES string of the molecule is NC(Cc1ccccc1)C(=O)NC(Cc1cnc[nH]1)C(=O)NC(Cc1ccccc1)C(=O)NCC(=O)O. The molecule has 3 atom stereocenters. The number of imidazole rings is 1. The molecule has 2 aromatic carbocycles. The highest BCUT2D eigenvalue weighted by molar-refractivity contribution is 5.94. The standard InChI is InChI=1S/C26H30N6O5/c27-20(11-17-7-3-1-4-8-17)24(35)31-22(13-19-14-28-16-30-19)26(37)32-21(25(36)29-15-23(33)34)12-18-9-5-2-6-10-18/h1-10,14,16,20-22H,11-13,15,27H2,(H,28,30)(H,29,36)(H,31,35)(H,32,37)(H,33,34). The van der Waals surface area contributed by atoms with Crippen LogP contribution in [0.15, 0.2) is 73.2 Å². The summed E-state index contributed by atoms with van der Waals surface area (Å²) in [6, 6.07) is 15.2. The highest BCUT2D eigenvalue weighted by Gasteiger charge is 2.29. The largest absolute Gasteiger partial charge is 0.480 e. The zero-order valence-electron chi connectivity index (χ0n) is 20.1. The maximum absolute atomic E-state index is 13.3. The molecule has 194 valence electrons. The van der Waals surface area contributed by atoms with Gasteiger partial charge >= 0.3 is 5.97 Å². The van der Waals surface area contributed by atoms with Gasteiger partial charge in [-0.1, -0.05) is 60.7 Å². The molecule has 1 heterocycles. The van der Waals surface area contributed by atoms with Crippen LogP contribution in [-0.4, -0.2) is 63.4 Å². The average molecular weight is 507 g/mol. The monoisotopic (exact) mass is 506 g/mol. The summed E-state index contributed by atoms with van der Waals surface area (Å²) in [5, 5.41) is 16.6. The molecule has 0 fully saturated rings. The van der Waals surface area contributed by atoms with Crippen molar-refractivity contribution in [1.29, 1.82) is 0 Å². The number of aromatic amines is 1. The van der Waals surface area contributed by atoms with Gasteiger partial charge in [0.25, 0.3) is 0 Å². The van der Waals surface area contributed by atoms with E-state index in [9.17, 15) is 19.2 Å². The summed E-state index contributed by atoms with van der Waals surface area (Å²) in [7, 11) is 0. The molecule has 3 aromatic rings. The number of nitrogens with zero attached hydrogens (tertiary/aromatic N) is 1. The van der Waals surface area contributed by atoms with E-state index >= 15 is 0 Å². The van der Waals surface area contributed by atoms with Crippen LogP contribution in [0, 0.1) is 0 Å². The Hall–Kier alpha value is -4.51. The van der Waals surface area contributed by atoms with Crippen molar-refractivity contribution in [2.45, 2.75) is 37.4 Å². The molecule has 37 heavy (non-hydrogen) atoms. The van der Waals surface area contributed by atoms with Crippen molar-refractivity contribution < 1.29 is 24.3 Å². The first kappa shape index (κ1) is 27.1. The molecule has 11 heteroatoms. The number of nitrogens with two attached hydrogens (primary N) is 1. The van der Waals surface area contributed by atoms with Crippen molar-refractivity contribution in [1.82, 2.24) is 25.9 Å². The normalized spacial score (nSPS) is 13.1. The molecule has 0 saturated heterocycles. The van der Waals surface area contributed by atoms with E-state index in [2.05, 4.69) is 25.9 Å². The van der Waals surface area contributed by atoms with Gasteiger partial charge in [0.05, 0.1) is 12.4 Å². The summed E-state index contributed by atoms with van der Waals surface area (Å²) in [5.41, 5.74) is 8.33. The minimum absolute atomic E-state index is 0.0738. The van der Waals surface area contributed by atoms with Crippen LogP contribution in [0.5, 0.6) is 0 Å². The number of rotatable bonds is 13. The lowest BCUT2D eigenvalue weighted by atomic mass is 10.0. The minimum Gasteiger partial charge on any atom is -0.480 e. The third kappa shape index (κ3) is 8.89. The summed E-state index contributed by atoms with van der Waals surface area (Å²) in [6.07, 6.45) is 3.45.